The van der Waals surface area contributed by atoms with Crippen molar-refractivity contribution in [3.63, 3.8) is 0 Å². The number of anilines is 2. The van der Waals surface area contributed by atoms with Crippen LogP contribution in [0.15, 0.2) is 76.2 Å². The number of rotatable bonds is 5. The summed E-state index contributed by atoms with van der Waals surface area (Å²) < 4.78 is 28.6. The highest BCUT2D eigenvalue weighted by Crippen LogP contribution is 2.27. The van der Waals surface area contributed by atoms with Crippen molar-refractivity contribution in [3.8, 4) is 0 Å². The zero-order chi connectivity index (χ0) is 19.4. The number of carbonyl (C=O) groups excluding carboxylic acids is 1. The van der Waals surface area contributed by atoms with Crippen LogP contribution in [0.3, 0.4) is 0 Å². The summed E-state index contributed by atoms with van der Waals surface area (Å²) in [7, 11) is -3.82. The van der Waals surface area contributed by atoms with E-state index >= 15 is 0 Å². The van der Waals surface area contributed by atoms with Crippen molar-refractivity contribution in [1.29, 1.82) is 0 Å². The third-order valence-corrected chi connectivity index (χ3v) is 5.72. The van der Waals surface area contributed by atoms with E-state index in [1.165, 1.54) is 18.3 Å². The van der Waals surface area contributed by atoms with Crippen LogP contribution < -0.4 is 10.0 Å². The highest BCUT2D eigenvalue weighted by molar-refractivity contribution is 9.10. The Labute approximate surface area is 165 Å². The minimum absolute atomic E-state index is 0.0368. The lowest BCUT2D eigenvalue weighted by atomic mass is 10.2. The molecule has 0 aliphatic carbocycles. The largest absolute Gasteiger partial charge is 0.321 e. The predicted molar refractivity (Wildman–Crippen MR) is 108 cm³/mol. The quantitative estimate of drug-likeness (QED) is 0.615. The molecule has 0 radical (unpaired) electrons. The molecule has 6 nitrogen and oxygen atoms in total. The zero-order valence-corrected chi connectivity index (χ0v) is 16.7. The van der Waals surface area contributed by atoms with Gasteiger partial charge < -0.3 is 5.32 Å². The summed E-state index contributed by atoms with van der Waals surface area (Å²) in [5.41, 5.74) is 1.97. The first-order chi connectivity index (χ1) is 12.8. The molecular formula is C19H16BrN3O3S. The van der Waals surface area contributed by atoms with Crippen molar-refractivity contribution < 1.29 is 13.2 Å². The Morgan fingerprint density at radius 1 is 1.04 bits per heavy atom. The summed E-state index contributed by atoms with van der Waals surface area (Å²) in [4.78, 5) is 16.2. The number of halogens is 1. The van der Waals surface area contributed by atoms with Crippen molar-refractivity contribution in [2.45, 2.75) is 11.8 Å². The number of aromatic nitrogens is 1. The molecule has 1 aromatic heterocycles. The molecule has 0 saturated carbocycles. The fourth-order valence-electron chi connectivity index (χ4n) is 2.35. The molecule has 0 unspecified atom stereocenters. The summed E-state index contributed by atoms with van der Waals surface area (Å²) in [5.74, 6) is -0.417. The molecule has 138 valence electrons. The highest BCUT2D eigenvalue weighted by Gasteiger charge is 2.17. The van der Waals surface area contributed by atoms with Crippen LogP contribution in [0.4, 0.5) is 11.4 Å². The fraction of sp³-hybridized carbons (Fsp3) is 0.0526. The van der Waals surface area contributed by atoms with Crippen LogP contribution in [0.25, 0.3) is 0 Å². The van der Waals surface area contributed by atoms with Crippen LogP contribution in [0.5, 0.6) is 0 Å². The summed E-state index contributed by atoms with van der Waals surface area (Å²) in [6.45, 7) is 1.87. The average molecular weight is 446 g/mol. The lowest BCUT2D eigenvalue weighted by molar-refractivity contribution is 0.102. The normalized spacial score (nSPS) is 11.0. The number of sulfonamides is 1. The lowest BCUT2D eigenvalue weighted by Crippen LogP contribution is -2.16. The Hall–Kier alpha value is -2.71. The molecule has 0 atom stereocenters. The average Bonchev–Trinajstić information content (AvgIpc) is 2.65. The van der Waals surface area contributed by atoms with Crippen molar-refractivity contribution in [2.24, 2.45) is 0 Å². The van der Waals surface area contributed by atoms with Crippen LogP contribution in [0.1, 0.15) is 16.1 Å². The molecule has 0 aliphatic heterocycles. The van der Waals surface area contributed by atoms with Crippen LogP contribution in [0, 0.1) is 6.92 Å². The summed E-state index contributed by atoms with van der Waals surface area (Å²) >= 11 is 3.34. The van der Waals surface area contributed by atoms with Gasteiger partial charge in [0, 0.05) is 16.4 Å². The number of nitrogens with one attached hydrogen (secondary N) is 2. The standard InChI is InChI=1S/C19H16BrN3O3S/c1-13-8-9-16(20)18(11-13)23-27(25,26)15-6-4-5-14(12-15)22-19(24)17-7-2-3-10-21-17/h2-12,23H,1H3,(H,22,24). The van der Waals surface area contributed by atoms with Crippen molar-refractivity contribution in [3.05, 3.63) is 82.6 Å². The molecule has 3 aromatic rings. The number of hydrogen-bond donors (Lipinski definition) is 2. The third kappa shape index (κ3) is 4.72. The van der Waals surface area contributed by atoms with E-state index in [9.17, 15) is 13.2 Å². The number of aryl methyl sites for hydroxylation is 1. The van der Waals surface area contributed by atoms with Crippen LogP contribution in [-0.2, 0) is 10.0 Å². The van der Waals surface area contributed by atoms with Gasteiger partial charge in [-0.1, -0.05) is 18.2 Å². The van der Waals surface area contributed by atoms with E-state index in [1.807, 2.05) is 13.0 Å². The highest BCUT2D eigenvalue weighted by atomic mass is 79.9. The summed E-state index contributed by atoms with van der Waals surface area (Å²) in [5, 5.41) is 2.65. The molecule has 0 aliphatic rings. The number of pyridine rings is 1. The molecule has 1 heterocycles. The van der Waals surface area contributed by atoms with E-state index in [2.05, 4.69) is 31.0 Å². The van der Waals surface area contributed by atoms with Gasteiger partial charge in [-0.2, -0.15) is 0 Å². The van der Waals surface area contributed by atoms with E-state index in [-0.39, 0.29) is 10.6 Å². The van der Waals surface area contributed by atoms with Crippen molar-refractivity contribution in [1.82, 2.24) is 4.98 Å². The molecule has 0 saturated heterocycles. The van der Waals surface area contributed by atoms with Gasteiger partial charge in [-0.3, -0.25) is 14.5 Å². The van der Waals surface area contributed by atoms with E-state index in [0.717, 1.165) is 5.56 Å². The zero-order valence-electron chi connectivity index (χ0n) is 14.3. The van der Waals surface area contributed by atoms with Crippen LogP contribution in [-0.4, -0.2) is 19.3 Å². The number of benzene rings is 2. The van der Waals surface area contributed by atoms with Crippen molar-refractivity contribution in [2.75, 3.05) is 10.0 Å². The second kappa shape index (κ2) is 7.89. The van der Waals surface area contributed by atoms with Gasteiger partial charge in [-0.15, -0.1) is 0 Å². The van der Waals surface area contributed by atoms with Gasteiger partial charge in [-0.25, -0.2) is 8.42 Å². The van der Waals surface area contributed by atoms with Crippen LogP contribution in [0.2, 0.25) is 0 Å². The minimum Gasteiger partial charge on any atom is -0.321 e. The third-order valence-electron chi connectivity index (χ3n) is 3.67. The van der Waals surface area contributed by atoms with Gasteiger partial charge >= 0.3 is 0 Å². The summed E-state index contributed by atoms with van der Waals surface area (Å²) in [6, 6.07) is 16.4. The Morgan fingerprint density at radius 2 is 1.85 bits per heavy atom. The number of carbonyl (C=O) groups is 1. The van der Waals surface area contributed by atoms with Gasteiger partial charge in [0.2, 0.25) is 0 Å². The minimum atomic E-state index is -3.82. The first-order valence-corrected chi connectivity index (χ1v) is 10.2. The van der Waals surface area contributed by atoms with E-state index in [0.29, 0.717) is 15.8 Å². The SMILES string of the molecule is Cc1ccc(Br)c(NS(=O)(=O)c2cccc(NC(=O)c3ccccn3)c2)c1. The molecule has 0 fully saturated rings. The van der Waals surface area contributed by atoms with Gasteiger partial charge in [0.1, 0.15) is 5.69 Å². The number of hydrogen-bond acceptors (Lipinski definition) is 4. The monoisotopic (exact) mass is 445 g/mol. The van der Waals surface area contributed by atoms with Gasteiger partial charge in [0.15, 0.2) is 0 Å². The van der Waals surface area contributed by atoms with Gasteiger partial charge in [-0.05, 0) is 70.9 Å². The Bertz CT molecular complexity index is 1090. The lowest BCUT2D eigenvalue weighted by Gasteiger charge is -2.12. The molecule has 8 heteroatoms. The molecule has 0 bridgehead atoms. The van der Waals surface area contributed by atoms with E-state index in [1.54, 1.807) is 42.5 Å². The second-order valence-electron chi connectivity index (χ2n) is 5.79. The Morgan fingerprint density at radius 3 is 2.59 bits per heavy atom. The maximum absolute atomic E-state index is 12.7. The van der Waals surface area contributed by atoms with Crippen molar-refractivity contribution >= 4 is 43.2 Å². The van der Waals surface area contributed by atoms with Gasteiger partial charge in [0.25, 0.3) is 15.9 Å². The van der Waals surface area contributed by atoms with Crippen LogP contribution >= 0.6 is 15.9 Å². The molecule has 1 amide bonds. The summed E-state index contributed by atoms with van der Waals surface area (Å²) in [6.07, 6.45) is 1.51. The molecule has 27 heavy (non-hydrogen) atoms. The molecule has 0 spiro atoms. The molecule has 3 rings (SSSR count). The Balaban J connectivity index is 1.84. The maximum atomic E-state index is 12.7. The fourth-order valence-corrected chi connectivity index (χ4v) is 3.95. The molecule has 2 aromatic carbocycles. The van der Waals surface area contributed by atoms with Gasteiger partial charge in [0.05, 0.1) is 10.6 Å². The van der Waals surface area contributed by atoms with E-state index in [4.69, 9.17) is 0 Å². The Kier molecular flexibility index (Phi) is 5.57. The first kappa shape index (κ1) is 19.1. The second-order valence-corrected chi connectivity index (χ2v) is 8.32. The molecule has 2 N–H and O–H groups in total. The maximum Gasteiger partial charge on any atom is 0.274 e. The first-order valence-electron chi connectivity index (χ1n) is 7.96. The topological polar surface area (TPSA) is 88.2 Å². The number of nitrogens with zero attached hydrogens (tertiary/aromatic N) is 1. The number of amides is 1. The molecular weight excluding hydrogens is 430 g/mol. The predicted octanol–water partition coefficient (Wildman–Crippen LogP) is 4.21. The smallest absolute Gasteiger partial charge is 0.274 e. The van der Waals surface area contributed by atoms with E-state index < -0.39 is 15.9 Å².